The summed E-state index contributed by atoms with van der Waals surface area (Å²) >= 11 is 0. The molecule has 0 aliphatic carbocycles. The first-order valence-electron chi connectivity index (χ1n) is 36.9. The average molecular weight is 1450 g/mol. The van der Waals surface area contributed by atoms with Gasteiger partial charge >= 0.3 is 45.5 Å². The van der Waals surface area contributed by atoms with Crippen molar-refractivity contribution in [3.8, 4) is 66.8 Å². The summed E-state index contributed by atoms with van der Waals surface area (Å²) in [5, 5.41) is 17.8. The normalized spacial score (nSPS) is 11.5. The van der Waals surface area contributed by atoms with E-state index < -0.39 is 0 Å². The molecule has 0 saturated carbocycles. The van der Waals surface area contributed by atoms with Crippen LogP contribution in [0.5, 0.6) is 0 Å². The van der Waals surface area contributed by atoms with Gasteiger partial charge in [-0.3, -0.25) is 10.3 Å². The maximum atomic E-state index is 5.01. The van der Waals surface area contributed by atoms with Gasteiger partial charge < -0.3 is 20.0 Å². The molecule has 9 heteroatoms. The van der Waals surface area contributed by atoms with Gasteiger partial charge in [0.25, 0.3) is 0 Å². The van der Waals surface area contributed by atoms with Gasteiger partial charge in [0, 0.05) is 30.9 Å². The summed E-state index contributed by atoms with van der Waals surface area (Å²) < 4.78 is 9.31. The van der Waals surface area contributed by atoms with E-state index >= 15 is 0 Å². The van der Waals surface area contributed by atoms with E-state index in [0.29, 0.717) is 48.7 Å². The monoisotopic (exact) mass is 1450 g/mol. The Labute approximate surface area is 657 Å². The third kappa shape index (κ3) is 19.9. The number of hydrogen-bond donors (Lipinski definition) is 1. The third-order valence-electron chi connectivity index (χ3n) is 19.6. The van der Waals surface area contributed by atoms with Crippen LogP contribution < -0.4 is 5.11 Å². The predicted molar refractivity (Wildman–Crippen MR) is 443 cm³/mol. The second kappa shape index (κ2) is 37.4. The molecule has 0 aromatic heterocycles. The van der Waals surface area contributed by atoms with Gasteiger partial charge in [-0.15, -0.1) is 5.43 Å². The Kier molecular flexibility index (Phi) is 30.0. The zero-order valence-corrected chi connectivity index (χ0v) is 70.6. The Morgan fingerprint density at radius 1 is 0.330 bits per heavy atom. The fourth-order valence-corrected chi connectivity index (χ4v) is 15.1. The van der Waals surface area contributed by atoms with E-state index in [1.54, 1.807) is 14.2 Å². The second-order valence-electron chi connectivity index (χ2n) is 30.2. The Hall–Kier alpha value is -7.60. The van der Waals surface area contributed by atoms with E-state index in [2.05, 4.69) is 338 Å². The predicted octanol–water partition coefficient (Wildman–Crippen LogP) is 27.2. The number of nitrogens with one attached hydrogen (secondary N) is 1. The largest absolute Gasteiger partial charge is 2.00 e. The molecule has 8 nitrogen and oxygen atoms in total. The van der Waals surface area contributed by atoms with Gasteiger partial charge in [0.1, 0.15) is 0 Å². The molecule has 0 amide bonds. The molecule has 0 fully saturated rings. The number of benzene rings is 10. The minimum atomic E-state index is 0. The second-order valence-corrected chi connectivity index (χ2v) is 30.2. The van der Waals surface area contributed by atoms with Crippen LogP contribution in [0.3, 0.4) is 0 Å². The van der Waals surface area contributed by atoms with Gasteiger partial charge in [-0.2, -0.15) is 0 Å². The smallest absolute Gasteiger partial charge is 0.382 e. The number of nitrogens with zero attached hydrogens (tertiary/aromatic N) is 5. The summed E-state index contributed by atoms with van der Waals surface area (Å²) in [6.45, 7) is 55.0. The molecule has 0 atom stereocenters. The fourth-order valence-electron chi connectivity index (χ4n) is 15.1. The fraction of sp³-hybridized carbons (Fsp3) is 0.362. The Morgan fingerprint density at radius 2 is 0.631 bits per heavy atom. The first kappa shape index (κ1) is 82.7. The molecule has 0 spiro atoms. The topological polar surface area (TPSA) is 97.7 Å². The van der Waals surface area contributed by atoms with Crippen molar-refractivity contribution < 1.29 is 14.6 Å². The Bertz CT molecular complexity index is 4350. The molecule has 534 valence electrons. The maximum Gasteiger partial charge on any atom is 2.00 e. The molecule has 10 rings (SSSR count). The van der Waals surface area contributed by atoms with Crippen molar-refractivity contribution in [2.75, 3.05) is 27.4 Å². The quantitative estimate of drug-likeness (QED) is 0.0336. The van der Waals surface area contributed by atoms with Crippen molar-refractivity contribution in [1.29, 1.82) is 0 Å². The van der Waals surface area contributed by atoms with Crippen molar-refractivity contribution in [3.63, 3.8) is 0 Å². The van der Waals surface area contributed by atoms with Gasteiger partial charge in [-0.1, -0.05) is 262 Å². The molecule has 10 aromatic carbocycles. The number of ether oxygens (including phenoxy) is 2. The van der Waals surface area contributed by atoms with Crippen LogP contribution in [0.1, 0.15) is 219 Å². The van der Waals surface area contributed by atoms with Crippen molar-refractivity contribution in [2.24, 2.45) is 15.6 Å². The van der Waals surface area contributed by atoms with Gasteiger partial charge in [0.2, 0.25) is 0 Å². The molecular weight excluding hydrogens is 1330 g/mol. The zero-order valence-electron chi connectivity index (χ0n) is 67.1. The molecule has 0 heterocycles. The van der Waals surface area contributed by atoms with Crippen LogP contribution in [0.15, 0.2) is 173 Å². The van der Waals surface area contributed by atoms with Gasteiger partial charge in [0.05, 0.1) is 24.6 Å². The van der Waals surface area contributed by atoms with Crippen LogP contribution in [-0.2, 0) is 9.47 Å². The summed E-state index contributed by atoms with van der Waals surface area (Å²) in [6, 6.07) is 57.6. The average Bonchev–Trinajstić information content (AvgIpc) is 0.789. The summed E-state index contributed by atoms with van der Waals surface area (Å²) in [5.74, 6) is 2.39. The molecule has 10 aromatic rings. The van der Waals surface area contributed by atoms with Crippen LogP contribution in [0.4, 0.5) is 22.7 Å². The molecule has 0 unspecified atom stereocenters. The third-order valence-corrected chi connectivity index (χ3v) is 19.6. The first-order chi connectivity index (χ1) is 48.5. The van der Waals surface area contributed by atoms with Gasteiger partial charge in [-0.05, 0) is 264 Å². The van der Waals surface area contributed by atoms with Crippen LogP contribution in [0.25, 0.3) is 77.6 Å². The van der Waals surface area contributed by atoms with Crippen molar-refractivity contribution >= 4 is 68.2 Å². The van der Waals surface area contributed by atoms with Crippen molar-refractivity contribution in [3.05, 3.63) is 269 Å². The number of methoxy groups -OCH3 is 2. The maximum absolute atomic E-state index is 5.01. The molecule has 0 radical (unpaired) electrons. The minimum Gasteiger partial charge on any atom is -0.382 e. The van der Waals surface area contributed by atoms with E-state index in [9.17, 15) is 0 Å². The van der Waals surface area contributed by atoms with Gasteiger partial charge in [-0.25, -0.2) is 0 Å². The van der Waals surface area contributed by atoms with Crippen LogP contribution >= 0.6 is 0 Å². The minimum absolute atomic E-state index is 0. The van der Waals surface area contributed by atoms with E-state index in [0.717, 1.165) is 56.1 Å². The molecule has 0 saturated heterocycles. The number of rotatable bonds is 21. The Morgan fingerprint density at radius 3 is 0.971 bits per heavy atom. The number of aryl methyl sites for hydroxylation is 12. The van der Waals surface area contributed by atoms with Crippen molar-refractivity contribution in [2.45, 2.75) is 202 Å². The van der Waals surface area contributed by atoms with E-state index in [4.69, 9.17) is 21.2 Å². The Balaban J connectivity index is 0.000000265. The molecule has 0 bridgehead atoms. The summed E-state index contributed by atoms with van der Waals surface area (Å²) in [4.78, 5) is 0. The van der Waals surface area contributed by atoms with E-state index in [1.165, 1.54) is 134 Å². The summed E-state index contributed by atoms with van der Waals surface area (Å²) in [6.07, 6.45) is 0. The van der Waals surface area contributed by atoms with Crippen LogP contribution in [-0.4, -0.2) is 72.9 Å². The zero-order chi connectivity index (χ0) is 74.5. The van der Waals surface area contributed by atoms with E-state index in [-0.39, 0.29) is 45.5 Å². The summed E-state index contributed by atoms with van der Waals surface area (Å²) in [5.41, 5.74) is 50.7. The molecule has 1 N–H and O–H groups in total. The van der Waals surface area contributed by atoms with Crippen molar-refractivity contribution in [1.82, 2.24) is 0 Å². The SMILES string of the molecule is COCCOC.Cc1cc(C)c(-c2cccc(-c3c(C)cc(C)cc3C)c2[N-]N=Nc2ccccc2-c2c(C(C)C)cc(C(C)C)cc2C(C)C)c(C)c1.Cc1cc(C)c(-c2cccc(-c3c(C)cc(C)cc3C)c2[NH+]=N[N-]c2ccccc2-c2c(C(C)C)cc(C(C)C)cc2C(C)C)c(C)c1.[Sr+2]. The van der Waals surface area contributed by atoms with Crippen LogP contribution in [0, 0.1) is 83.1 Å². The molecule has 0 aliphatic rings. The molecule has 103 heavy (non-hydrogen) atoms. The first-order valence-corrected chi connectivity index (χ1v) is 36.9. The number of para-hydroxylation sites is 1. The summed E-state index contributed by atoms with van der Waals surface area (Å²) in [7, 11) is 3.30. The van der Waals surface area contributed by atoms with Gasteiger partial charge in [0.15, 0.2) is 0 Å². The van der Waals surface area contributed by atoms with Crippen LogP contribution in [0.2, 0.25) is 0 Å². The molecular formula is C94H115N6O2Sr+. The van der Waals surface area contributed by atoms with E-state index in [1.807, 2.05) is 6.07 Å². The molecule has 0 aliphatic heterocycles. The number of hydrogen-bond acceptors (Lipinski definition) is 5. The standard InChI is InChI=1S/2C45H52N3.C4H10O2.Sr/c2*1-26(2)35-24-39(27(3)4)44(40(25-35)28(5)6)36-16-13-14-19-41(36)46-48-47-45-37(42-31(9)20-29(7)21-32(42)10)17-15-18-38(45)43-33(11)22-30(8)23-34(43)12;1-5-3-4-6-2;/h2*13-28H,1-12H3;3-4H2,1-2H3;/q2*-1;;+2/p+1.